The molecule has 0 saturated carbocycles. The molecule has 4 nitrogen and oxygen atoms in total. The van der Waals surface area contributed by atoms with E-state index in [9.17, 15) is 4.79 Å². The van der Waals surface area contributed by atoms with Gasteiger partial charge in [-0.2, -0.15) is 0 Å². The highest BCUT2D eigenvalue weighted by Crippen LogP contribution is 2.32. The number of carbonyl (C=O) groups is 1. The lowest BCUT2D eigenvalue weighted by atomic mass is 9.72. The molecule has 1 unspecified atom stereocenters. The number of ketones is 1. The molecular weight excluding hydrogens is 312 g/mol. The van der Waals surface area contributed by atoms with Crippen molar-refractivity contribution in [2.45, 2.75) is 26.3 Å². The fraction of sp³-hybridized carbons (Fsp3) is 0.333. The van der Waals surface area contributed by atoms with E-state index < -0.39 is 5.41 Å². The Morgan fingerprint density at radius 3 is 2.64 bits per heavy atom. The quantitative estimate of drug-likeness (QED) is 0.871. The van der Waals surface area contributed by atoms with Crippen molar-refractivity contribution < 1.29 is 9.53 Å². The normalized spacial score (nSPS) is 21.3. The van der Waals surface area contributed by atoms with Crippen LogP contribution in [-0.2, 0) is 11.2 Å². The maximum Gasteiger partial charge on any atom is 0.167 e. The zero-order valence-corrected chi connectivity index (χ0v) is 15.0. The van der Waals surface area contributed by atoms with Crippen LogP contribution in [0.3, 0.4) is 0 Å². The van der Waals surface area contributed by atoms with Crippen molar-refractivity contribution in [1.29, 1.82) is 0 Å². The van der Waals surface area contributed by atoms with Crippen LogP contribution in [0.4, 0.5) is 0 Å². The molecule has 1 saturated heterocycles. The fourth-order valence-electron chi connectivity index (χ4n) is 3.22. The number of nitrogens with one attached hydrogen (secondary N) is 1. The molecule has 3 rings (SSSR count). The minimum absolute atomic E-state index is 0.0919. The van der Waals surface area contributed by atoms with Crippen molar-refractivity contribution >= 4 is 11.9 Å². The van der Waals surface area contributed by atoms with Gasteiger partial charge in [-0.1, -0.05) is 32.0 Å². The molecule has 130 valence electrons. The van der Waals surface area contributed by atoms with Gasteiger partial charge < -0.3 is 10.1 Å². The number of aromatic nitrogens is 1. The number of methoxy groups -OCH3 is 1. The Kier molecular flexibility index (Phi) is 5.00. The number of piperidine rings is 1. The molecule has 1 aromatic carbocycles. The predicted molar refractivity (Wildman–Crippen MR) is 99.5 cm³/mol. The number of nitrogens with zero attached hydrogens (tertiary/aromatic N) is 1. The summed E-state index contributed by atoms with van der Waals surface area (Å²) in [6, 6.07) is 13.8. The predicted octanol–water partition coefficient (Wildman–Crippen LogP) is 3.28. The van der Waals surface area contributed by atoms with E-state index in [1.54, 1.807) is 13.3 Å². The van der Waals surface area contributed by atoms with Crippen LogP contribution in [0.15, 0.2) is 54.2 Å². The summed E-state index contributed by atoms with van der Waals surface area (Å²) in [4.78, 5) is 17.3. The summed E-state index contributed by atoms with van der Waals surface area (Å²) in [5.41, 5.74) is 2.32. The molecule has 0 spiro atoms. The van der Waals surface area contributed by atoms with Crippen molar-refractivity contribution in [1.82, 2.24) is 10.3 Å². The zero-order valence-electron chi connectivity index (χ0n) is 15.0. The third-order valence-corrected chi connectivity index (χ3v) is 4.90. The van der Waals surface area contributed by atoms with E-state index in [4.69, 9.17) is 4.74 Å². The van der Waals surface area contributed by atoms with Gasteiger partial charge in [-0.05, 0) is 42.3 Å². The first kappa shape index (κ1) is 17.4. The van der Waals surface area contributed by atoms with Gasteiger partial charge in [-0.3, -0.25) is 9.78 Å². The zero-order chi connectivity index (χ0) is 17.9. The Bertz CT molecular complexity index is 764. The Morgan fingerprint density at radius 1 is 1.24 bits per heavy atom. The second-order valence-corrected chi connectivity index (χ2v) is 6.96. The molecule has 0 amide bonds. The van der Waals surface area contributed by atoms with Gasteiger partial charge >= 0.3 is 0 Å². The third-order valence-electron chi connectivity index (χ3n) is 4.90. The molecule has 1 N–H and O–H groups in total. The topological polar surface area (TPSA) is 51.2 Å². The van der Waals surface area contributed by atoms with Crippen LogP contribution in [0, 0.1) is 5.41 Å². The Balaban J connectivity index is 1.76. The first-order valence-corrected chi connectivity index (χ1v) is 8.53. The highest BCUT2D eigenvalue weighted by molar-refractivity contribution is 6.04. The second-order valence-electron chi connectivity index (χ2n) is 6.96. The van der Waals surface area contributed by atoms with Crippen LogP contribution in [0.25, 0.3) is 6.08 Å². The van der Waals surface area contributed by atoms with Gasteiger partial charge in [0.25, 0.3) is 0 Å². The average Bonchev–Trinajstić information content (AvgIpc) is 2.63. The van der Waals surface area contributed by atoms with E-state index in [0.29, 0.717) is 6.54 Å². The lowest BCUT2D eigenvalue weighted by Crippen LogP contribution is -2.54. The molecular formula is C21H24N2O2. The van der Waals surface area contributed by atoms with Crippen LogP contribution in [-0.4, -0.2) is 30.5 Å². The van der Waals surface area contributed by atoms with Crippen LogP contribution >= 0.6 is 0 Å². The van der Waals surface area contributed by atoms with E-state index >= 15 is 0 Å². The number of pyridine rings is 1. The van der Waals surface area contributed by atoms with E-state index in [1.165, 1.54) is 5.56 Å². The number of hydrogen-bond donors (Lipinski definition) is 1. The molecule has 2 aromatic rings. The van der Waals surface area contributed by atoms with Gasteiger partial charge in [0, 0.05) is 29.8 Å². The number of rotatable bonds is 4. The SMILES string of the molecule is COc1ccc(CC2NC/C(=C/c3ccccn3)C(=O)C2(C)C)cc1. The first-order chi connectivity index (χ1) is 12.0. The molecule has 0 aliphatic carbocycles. The summed E-state index contributed by atoms with van der Waals surface area (Å²) in [6.45, 7) is 4.60. The van der Waals surface area contributed by atoms with E-state index in [-0.39, 0.29) is 11.8 Å². The van der Waals surface area contributed by atoms with Crippen LogP contribution in [0.5, 0.6) is 5.75 Å². The van der Waals surface area contributed by atoms with Crippen molar-refractivity contribution in [3.05, 3.63) is 65.5 Å². The minimum Gasteiger partial charge on any atom is -0.497 e. The molecule has 0 bridgehead atoms. The largest absolute Gasteiger partial charge is 0.497 e. The third kappa shape index (κ3) is 3.80. The van der Waals surface area contributed by atoms with Crippen LogP contribution in [0.1, 0.15) is 25.1 Å². The maximum absolute atomic E-state index is 13.0. The molecule has 4 heteroatoms. The molecule has 1 fully saturated rings. The Labute approximate surface area is 148 Å². The number of ether oxygens (including phenoxy) is 1. The summed E-state index contributed by atoms with van der Waals surface area (Å²) in [7, 11) is 1.66. The highest BCUT2D eigenvalue weighted by atomic mass is 16.5. The summed E-state index contributed by atoms with van der Waals surface area (Å²) in [6.07, 6.45) is 4.44. The lowest BCUT2D eigenvalue weighted by molar-refractivity contribution is -0.126. The van der Waals surface area contributed by atoms with Crippen LogP contribution in [0.2, 0.25) is 0 Å². The molecule has 2 heterocycles. The van der Waals surface area contributed by atoms with Gasteiger partial charge in [0.05, 0.1) is 12.8 Å². The number of hydrogen-bond acceptors (Lipinski definition) is 4. The van der Waals surface area contributed by atoms with Gasteiger partial charge in [-0.25, -0.2) is 0 Å². The molecule has 1 aliphatic heterocycles. The number of benzene rings is 1. The standard InChI is InChI=1S/C21H24N2O2/c1-21(2)19(12-15-7-9-18(25-3)10-8-15)23-14-16(20(21)24)13-17-6-4-5-11-22-17/h4-11,13,19,23H,12,14H2,1-3H3/b16-13-. The molecule has 1 aromatic heterocycles. The second kappa shape index (κ2) is 7.19. The number of carbonyl (C=O) groups excluding carboxylic acids is 1. The molecule has 0 radical (unpaired) electrons. The van der Waals surface area contributed by atoms with Crippen molar-refractivity contribution in [3.63, 3.8) is 0 Å². The monoisotopic (exact) mass is 336 g/mol. The Hall–Kier alpha value is -2.46. The lowest BCUT2D eigenvalue weighted by Gasteiger charge is -2.39. The smallest absolute Gasteiger partial charge is 0.167 e. The summed E-state index contributed by atoms with van der Waals surface area (Å²) < 4.78 is 5.20. The average molecular weight is 336 g/mol. The summed E-state index contributed by atoms with van der Waals surface area (Å²) >= 11 is 0. The van der Waals surface area contributed by atoms with Crippen molar-refractivity contribution in [2.75, 3.05) is 13.7 Å². The van der Waals surface area contributed by atoms with E-state index in [0.717, 1.165) is 23.4 Å². The summed E-state index contributed by atoms with van der Waals surface area (Å²) in [5, 5.41) is 3.54. The fourth-order valence-corrected chi connectivity index (χ4v) is 3.22. The molecule has 1 aliphatic rings. The Morgan fingerprint density at radius 2 is 2.00 bits per heavy atom. The van der Waals surface area contributed by atoms with E-state index in [2.05, 4.69) is 22.4 Å². The number of Topliss-reactive ketones (excluding diaryl/α,β-unsaturated/α-hetero) is 1. The van der Waals surface area contributed by atoms with Gasteiger partial charge in [0.1, 0.15) is 5.75 Å². The summed E-state index contributed by atoms with van der Waals surface area (Å²) in [5.74, 6) is 1.03. The maximum atomic E-state index is 13.0. The molecule has 1 atom stereocenters. The van der Waals surface area contributed by atoms with Gasteiger partial charge in [-0.15, -0.1) is 0 Å². The molecule has 25 heavy (non-hydrogen) atoms. The minimum atomic E-state index is -0.473. The van der Waals surface area contributed by atoms with Crippen molar-refractivity contribution in [3.8, 4) is 5.75 Å². The van der Waals surface area contributed by atoms with Gasteiger partial charge in [0.15, 0.2) is 5.78 Å². The van der Waals surface area contributed by atoms with Gasteiger partial charge in [0.2, 0.25) is 0 Å². The van der Waals surface area contributed by atoms with Crippen molar-refractivity contribution in [2.24, 2.45) is 5.41 Å². The van der Waals surface area contributed by atoms with Crippen LogP contribution < -0.4 is 10.1 Å². The highest BCUT2D eigenvalue weighted by Gasteiger charge is 2.41. The first-order valence-electron chi connectivity index (χ1n) is 8.53. The van der Waals surface area contributed by atoms with E-state index in [1.807, 2.05) is 50.3 Å².